The van der Waals surface area contributed by atoms with Crippen LogP contribution < -0.4 is 5.69 Å². The molecule has 1 aromatic heterocycles. The summed E-state index contributed by atoms with van der Waals surface area (Å²) >= 11 is 4.97. The standard InChI is InChI=1S/C12H12N2OS/c1-7-3-4-9(5-8(7)2)10-6-11(16)14-12(15)13-10/h3-6H,1-2H3,(H2,13,14,15,16). The van der Waals surface area contributed by atoms with Crippen molar-refractivity contribution in [3.05, 3.63) is 50.5 Å². The summed E-state index contributed by atoms with van der Waals surface area (Å²) in [6.45, 7) is 4.10. The van der Waals surface area contributed by atoms with E-state index < -0.39 is 0 Å². The molecular weight excluding hydrogens is 220 g/mol. The number of H-pyrrole nitrogens is 2. The second-order valence-corrected chi connectivity index (χ2v) is 4.24. The van der Waals surface area contributed by atoms with Gasteiger partial charge in [-0.05, 0) is 42.7 Å². The lowest BCUT2D eigenvalue weighted by Gasteiger charge is -2.04. The maximum Gasteiger partial charge on any atom is 0.324 e. The molecule has 2 N–H and O–H groups in total. The summed E-state index contributed by atoms with van der Waals surface area (Å²) in [6, 6.07) is 7.79. The Morgan fingerprint density at radius 1 is 1.06 bits per heavy atom. The highest BCUT2D eigenvalue weighted by atomic mass is 32.1. The van der Waals surface area contributed by atoms with Gasteiger partial charge < -0.3 is 4.98 Å². The Balaban J connectivity index is 2.63. The van der Waals surface area contributed by atoms with Gasteiger partial charge >= 0.3 is 5.69 Å². The van der Waals surface area contributed by atoms with E-state index in [1.165, 1.54) is 11.1 Å². The minimum Gasteiger partial charge on any atom is -0.307 e. The van der Waals surface area contributed by atoms with E-state index in [0.29, 0.717) is 4.64 Å². The molecule has 0 spiro atoms. The Hall–Kier alpha value is -1.68. The summed E-state index contributed by atoms with van der Waals surface area (Å²) in [4.78, 5) is 16.5. The highest BCUT2D eigenvalue weighted by Crippen LogP contribution is 2.18. The van der Waals surface area contributed by atoms with Crippen LogP contribution >= 0.6 is 12.2 Å². The highest BCUT2D eigenvalue weighted by Gasteiger charge is 2.01. The molecule has 3 nitrogen and oxygen atoms in total. The van der Waals surface area contributed by atoms with Crippen LogP contribution in [-0.4, -0.2) is 9.97 Å². The van der Waals surface area contributed by atoms with E-state index in [-0.39, 0.29) is 5.69 Å². The number of nitrogens with one attached hydrogen (secondary N) is 2. The molecule has 0 radical (unpaired) electrons. The summed E-state index contributed by atoms with van der Waals surface area (Å²) in [5.41, 5.74) is 3.86. The summed E-state index contributed by atoms with van der Waals surface area (Å²) < 4.78 is 0.442. The fraction of sp³-hybridized carbons (Fsp3) is 0.167. The Labute approximate surface area is 98.2 Å². The number of hydrogen-bond acceptors (Lipinski definition) is 2. The van der Waals surface area contributed by atoms with Gasteiger partial charge in [-0.2, -0.15) is 0 Å². The second-order valence-electron chi connectivity index (χ2n) is 3.80. The first-order valence-corrected chi connectivity index (χ1v) is 5.38. The number of benzene rings is 1. The molecule has 0 bridgehead atoms. The third kappa shape index (κ3) is 2.12. The zero-order chi connectivity index (χ0) is 11.7. The Bertz CT molecular complexity index is 612. The first-order valence-electron chi connectivity index (χ1n) is 4.97. The molecule has 0 aliphatic heterocycles. The van der Waals surface area contributed by atoms with Gasteiger partial charge in [-0.1, -0.05) is 24.4 Å². The quantitative estimate of drug-likeness (QED) is 0.743. The van der Waals surface area contributed by atoms with Crippen molar-refractivity contribution >= 4 is 12.2 Å². The topological polar surface area (TPSA) is 48.6 Å². The van der Waals surface area contributed by atoms with Crippen molar-refractivity contribution in [1.29, 1.82) is 0 Å². The molecule has 0 amide bonds. The van der Waals surface area contributed by atoms with Crippen molar-refractivity contribution in [3.63, 3.8) is 0 Å². The van der Waals surface area contributed by atoms with Crippen LogP contribution in [0.5, 0.6) is 0 Å². The minimum atomic E-state index is -0.277. The lowest BCUT2D eigenvalue weighted by Crippen LogP contribution is -2.10. The number of hydrogen-bond donors (Lipinski definition) is 2. The van der Waals surface area contributed by atoms with Crippen molar-refractivity contribution in [3.8, 4) is 11.3 Å². The molecule has 1 aromatic carbocycles. The molecule has 1 heterocycles. The molecule has 0 atom stereocenters. The van der Waals surface area contributed by atoms with Crippen LogP contribution in [0.2, 0.25) is 0 Å². The van der Waals surface area contributed by atoms with Crippen molar-refractivity contribution < 1.29 is 0 Å². The average Bonchev–Trinajstić information content (AvgIpc) is 2.20. The number of aromatic amines is 2. The van der Waals surface area contributed by atoms with Crippen LogP contribution in [0.1, 0.15) is 11.1 Å². The van der Waals surface area contributed by atoms with Gasteiger partial charge in [-0.3, -0.25) is 4.98 Å². The van der Waals surface area contributed by atoms with Gasteiger partial charge in [0.05, 0.1) is 5.69 Å². The number of aromatic nitrogens is 2. The van der Waals surface area contributed by atoms with Crippen LogP contribution in [0.15, 0.2) is 29.1 Å². The highest BCUT2D eigenvalue weighted by molar-refractivity contribution is 7.71. The zero-order valence-electron chi connectivity index (χ0n) is 9.13. The molecule has 0 saturated heterocycles. The maximum absolute atomic E-state index is 11.3. The van der Waals surface area contributed by atoms with Gasteiger partial charge in [0.15, 0.2) is 0 Å². The van der Waals surface area contributed by atoms with E-state index in [2.05, 4.69) is 16.9 Å². The lowest BCUT2D eigenvalue weighted by atomic mass is 10.0. The first-order chi connectivity index (χ1) is 7.56. The molecule has 4 heteroatoms. The fourth-order valence-corrected chi connectivity index (χ4v) is 1.74. The summed E-state index contributed by atoms with van der Waals surface area (Å²) in [7, 11) is 0. The summed E-state index contributed by atoms with van der Waals surface area (Å²) in [5, 5.41) is 0. The van der Waals surface area contributed by atoms with Crippen LogP contribution in [0.3, 0.4) is 0 Å². The number of rotatable bonds is 1. The van der Waals surface area contributed by atoms with Crippen molar-refractivity contribution in [2.75, 3.05) is 0 Å². The van der Waals surface area contributed by atoms with Crippen LogP contribution in [0.25, 0.3) is 11.3 Å². The van der Waals surface area contributed by atoms with Crippen LogP contribution in [0.4, 0.5) is 0 Å². The maximum atomic E-state index is 11.3. The summed E-state index contributed by atoms with van der Waals surface area (Å²) in [5.74, 6) is 0. The van der Waals surface area contributed by atoms with E-state index >= 15 is 0 Å². The largest absolute Gasteiger partial charge is 0.324 e. The van der Waals surface area contributed by atoms with Crippen LogP contribution in [0, 0.1) is 18.5 Å². The van der Waals surface area contributed by atoms with E-state index in [9.17, 15) is 4.79 Å². The molecule has 0 aliphatic carbocycles. The molecule has 0 saturated carbocycles. The van der Waals surface area contributed by atoms with E-state index in [0.717, 1.165) is 11.3 Å². The van der Waals surface area contributed by atoms with Gasteiger partial charge in [0.2, 0.25) is 0 Å². The van der Waals surface area contributed by atoms with Crippen molar-refractivity contribution in [2.45, 2.75) is 13.8 Å². The van der Waals surface area contributed by atoms with Gasteiger partial charge in [0.25, 0.3) is 0 Å². The smallest absolute Gasteiger partial charge is 0.307 e. The first kappa shape index (κ1) is 10.8. The molecule has 0 aliphatic rings. The molecule has 0 fully saturated rings. The Kier molecular flexibility index (Phi) is 2.75. The van der Waals surface area contributed by atoms with E-state index in [1.807, 2.05) is 25.1 Å². The average molecular weight is 232 g/mol. The predicted molar refractivity (Wildman–Crippen MR) is 67.2 cm³/mol. The van der Waals surface area contributed by atoms with Gasteiger partial charge in [-0.15, -0.1) is 0 Å². The third-order valence-electron chi connectivity index (χ3n) is 2.58. The number of aryl methyl sites for hydroxylation is 2. The van der Waals surface area contributed by atoms with Gasteiger partial charge in [-0.25, -0.2) is 4.79 Å². The lowest BCUT2D eigenvalue weighted by molar-refractivity contribution is 1.07. The van der Waals surface area contributed by atoms with Gasteiger partial charge in [0, 0.05) is 0 Å². The Morgan fingerprint density at radius 2 is 1.81 bits per heavy atom. The predicted octanol–water partition coefficient (Wildman–Crippen LogP) is 2.72. The third-order valence-corrected chi connectivity index (χ3v) is 2.80. The Morgan fingerprint density at radius 3 is 2.44 bits per heavy atom. The van der Waals surface area contributed by atoms with Crippen molar-refractivity contribution in [1.82, 2.24) is 9.97 Å². The zero-order valence-corrected chi connectivity index (χ0v) is 9.94. The van der Waals surface area contributed by atoms with E-state index in [1.54, 1.807) is 6.07 Å². The minimum absolute atomic E-state index is 0.277. The summed E-state index contributed by atoms with van der Waals surface area (Å²) in [6.07, 6.45) is 0. The molecule has 2 aromatic rings. The van der Waals surface area contributed by atoms with Crippen molar-refractivity contribution in [2.24, 2.45) is 0 Å². The molecule has 16 heavy (non-hydrogen) atoms. The van der Waals surface area contributed by atoms with Gasteiger partial charge in [0.1, 0.15) is 4.64 Å². The SMILES string of the molecule is Cc1ccc(-c2cc(=S)[nH]c(=O)[nH]2)cc1C. The second kappa shape index (κ2) is 4.06. The molecule has 82 valence electrons. The van der Waals surface area contributed by atoms with E-state index in [4.69, 9.17) is 12.2 Å². The van der Waals surface area contributed by atoms with Crippen LogP contribution in [-0.2, 0) is 0 Å². The molecular formula is C12H12N2OS. The molecule has 2 rings (SSSR count). The normalized spacial score (nSPS) is 10.4. The fourth-order valence-electron chi connectivity index (χ4n) is 1.53. The molecule has 0 unspecified atom stereocenters. The monoisotopic (exact) mass is 232 g/mol.